The number of hydrogen-bond donors (Lipinski definition) is 1. The minimum absolute atomic E-state index is 0.0347. The summed E-state index contributed by atoms with van der Waals surface area (Å²) in [6.07, 6.45) is 6.43. The van der Waals surface area contributed by atoms with Gasteiger partial charge in [-0.05, 0) is 18.3 Å². The topological polar surface area (TPSA) is 46.2 Å². The van der Waals surface area contributed by atoms with E-state index in [1.807, 2.05) is 0 Å². The first-order valence-electron chi connectivity index (χ1n) is 5.72. The van der Waals surface area contributed by atoms with Crippen LogP contribution in [-0.2, 0) is 9.59 Å². The average Bonchev–Trinajstić information content (AvgIpc) is 2.81. The van der Waals surface area contributed by atoms with Gasteiger partial charge in [-0.15, -0.1) is 0 Å². The molecule has 1 saturated carbocycles. The summed E-state index contributed by atoms with van der Waals surface area (Å²) in [5.41, 5.74) is 0. The molecule has 1 N–H and O–H groups in total. The normalized spacial score (nSPS) is 39.9. The largest absolute Gasteiger partial charge is 0.296 e. The second-order valence-corrected chi connectivity index (χ2v) is 4.56. The quantitative estimate of drug-likeness (QED) is 0.483. The minimum Gasteiger partial charge on any atom is -0.296 e. The Kier molecular flexibility index (Phi) is 2.63. The first-order chi connectivity index (χ1) is 7.19. The summed E-state index contributed by atoms with van der Waals surface area (Å²) < 4.78 is 0. The molecule has 0 aromatic carbocycles. The zero-order chi connectivity index (χ0) is 11.0. The van der Waals surface area contributed by atoms with Gasteiger partial charge in [-0.25, -0.2) is 0 Å². The van der Waals surface area contributed by atoms with Crippen LogP contribution in [0.15, 0.2) is 12.2 Å². The Balaban J connectivity index is 0.000000258. The fraction of sp³-hybridized carbons (Fsp3) is 0.667. The van der Waals surface area contributed by atoms with E-state index >= 15 is 0 Å². The first-order valence-corrected chi connectivity index (χ1v) is 5.72. The van der Waals surface area contributed by atoms with Crippen molar-refractivity contribution in [2.45, 2.75) is 26.7 Å². The van der Waals surface area contributed by atoms with E-state index in [-0.39, 0.29) is 23.7 Å². The Labute approximate surface area is 89.9 Å². The highest BCUT2D eigenvalue weighted by molar-refractivity contribution is 6.06. The fourth-order valence-electron chi connectivity index (χ4n) is 2.83. The predicted octanol–water partition coefficient (Wildman–Crippen LogP) is 1.50. The highest BCUT2D eigenvalue weighted by Gasteiger charge is 2.55. The van der Waals surface area contributed by atoms with Gasteiger partial charge in [-0.3, -0.25) is 14.9 Å². The molecular weight excluding hydrogens is 190 g/mol. The van der Waals surface area contributed by atoms with E-state index in [2.05, 4.69) is 31.3 Å². The van der Waals surface area contributed by atoms with Crippen LogP contribution in [0.1, 0.15) is 26.7 Å². The number of amides is 2. The lowest BCUT2D eigenvalue weighted by molar-refractivity contribution is -0.126. The maximum absolute atomic E-state index is 11.3. The van der Waals surface area contributed by atoms with Crippen LogP contribution >= 0.6 is 0 Å². The summed E-state index contributed by atoms with van der Waals surface area (Å²) >= 11 is 0. The van der Waals surface area contributed by atoms with Crippen molar-refractivity contribution in [1.82, 2.24) is 5.32 Å². The van der Waals surface area contributed by atoms with Crippen LogP contribution in [0.4, 0.5) is 0 Å². The molecule has 3 rings (SSSR count). The maximum atomic E-state index is 11.3. The van der Waals surface area contributed by atoms with Crippen molar-refractivity contribution < 1.29 is 9.59 Å². The molecule has 2 fully saturated rings. The number of carbonyl (C=O) groups excluding carboxylic acids is 2. The molecule has 4 atom stereocenters. The Morgan fingerprint density at radius 3 is 1.93 bits per heavy atom. The van der Waals surface area contributed by atoms with E-state index in [1.165, 1.54) is 6.42 Å². The summed E-state index contributed by atoms with van der Waals surface area (Å²) in [6, 6.07) is 0. The molecule has 0 aromatic heterocycles. The van der Waals surface area contributed by atoms with E-state index in [1.54, 1.807) is 0 Å². The second-order valence-electron chi connectivity index (χ2n) is 4.56. The van der Waals surface area contributed by atoms with Gasteiger partial charge in [0, 0.05) is 0 Å². The summed E-state index contributed by atoms with van der Waals surface area (Å²) in [6.45, 7) is 4.25. The fourth-order valence-corrected chi connectivity index (χ4v) is 2.83. The van der Waals surface area contributed by atoms with E-state index in [4.69, 9.17) is 0 Å². The van der Waals surface area contributed by atoms with Crippen molar-refractivity contribution in [2.75, 3.05) is 0 Å². The minimum atomic E-state index is -0.0538. The standard InChI is InChI=1S/C9H9NO2.C3H8/c11-8-6-4-1-2-5(3-4)7(6)9(12)10-8;1-3-2/h1-2,4-7H,3H2,(H,10,11,12);3H2,1-2H3. The third-order valence-corrected chi connectivity index (χ3v) is 3.31. The van der Waals surface area contributed by atoms with Crippen LogP contribution < -0.4 is 5.32 Å². The molecule has 3 nitrogen and oxygen atoms in total. The van der Waals surface area contributed by atoms with Gasteiger partial charge in [-0.1, -0.05) is 32.4 Å². The zero-order valence-corrected chi connectivity index (χ0v) is 9.19. The van der Waals surface area contributed by atoms with Gasteiger partial charge in [0.25, 0.3) is 0 Å². The molecule has 4 unspecified atom stereocenters. The van der Waals surface area contributed by atoms with Gasteiger partial charge in [-0.2, -0.15) is 0 Å². The van der Waals surface area contributed by atoms with Gasteiger partial charge in [0.1, 0.15) is 0 Å². The Morgan fingerprint density at radius 1 is 1.13 bits per heavy atom. The Hall–Kier alpha value is -1.12. The van der Waals surface area contributed by atoms with Crippen molar-refractivity contribution in [1.29, 1.82) is 0 Å². The molecule has 1 saturated heterocycles. The van der Waals surface area contributed by atoms with Crippen LogP contribution in [0.3, 0.4) is 0 Å². The molecule has 15 heavy (non-hydrogen) atoms. The van der Waals surface area contributed by atoms with E-state index < -0.39 is 0 Å². The summed E-state index contributed by atoms with van der Waals surface area (Å²) in [5.74, 6) is 0.501. The van der Waals surface area contributed by atoms with E-state index in [9.17, 15) is 9.59 Å². The lowest BCUT2D eigenvalue weighted by Crippen LogP contribution is -2.25. The average molecular weight is 207 g/mol. The maximum Gasteiger partial charge on any atom is 0.231 e. The first kappa shape index (κ1) is 10.4. The molecule has 2 bridgehead atoms. The molecule has 0 spiro atoms. The molecular formula is C12H17NO2. The highest BCUT2D eigenvalue weighted by Crippen LogP contribution is 2.50. The van der Waals surface area contributed by atoms with E-state index in [0.29, 0.717) is 11.8 Å². The van der Waals surface area contributed by atoms with Gasteiger partial charge in [0.2, 0.25) is 11.8 Å². The van der Waals surface area contributed by atoms with Crippen LogP contribution in [-0.4, -0.2) is 11.8 Å². The SMILES string of the molecule is CCC.O=C1NC(=O)C2C3C=CC(C3)C12. The van der Waals surface area contributed by atoms with Crippen LogP contribution in [0.5, 0.6) is 0 Å². The number of carbonyl (C=O) groups is 2. The number of rotatable bonds is 0. The van der Waals surface area contributed by atoms with Gasteiger partial charge in [0.05, 0.1) is 11.8 Å². The molecule has 1 aliphatic heterocycles. The smallest absolute Gasteiger partial charge is 0.231 e. The number of imide groups is 1. The van der Waals surface area contributed by atoms with Crippen molar-refractivity contribution in [2.24, 2.45) is 23.7 Å². The van der Waals surface area contributed by atoms with Crippen molar-refractivity contribution in [3.05, 3.63) is 12.2 Å². The molecule has 82 valence electrons. The number of fused-ring (bicyclic) bond motifs is 5. The highest BCUT2D eigenvalue weighted by atomic mass is 16.2. The monoisotopic (exact) mass is 207 g/mol. The second kappa shape index (κ2) is 3.80. The van der Waals surface area contributed by atoms with Gasteiger partial charge in [0.15, 0.2) is 0 Å². The van der Waals surface area contributed by atoms with Crippen molar-refractivity contribution >= 4 is 11.8 Å². The molecule has 1 heterocycles. The van der Waals surface area contributed by atoms with E-state index in [0.717, 1.165) is 6.42 Å². The van der Waals surface area contributed by atoms with Crippen LogP contribution in [0, 0.1) is 23.7 Å². The van der Waals surface area contributed by atoms with Gasteiger partial charge >= 0.3 is 0 Å². The van der Waals surface area contributed by atoms with Crippen LogP contribution in [0.25, 0.3) is 0 Å². The zero-order valence-electron chi connectivity index (χ0n) is 9.19. The predicted molar refractivity (Wildman–Crippen MR) is 56.8 cm³/mol. The number of allylic oxidation sites excluding steroid dienone is 2. The third-order valence-electron chi connectivity index (χ3n) is 3.31. The summed E-state index contributed by atoms with van der Waals surface area (Å²) in [5, 5.41) is 2.40. The molecule has 3 aliphatic rings. The lowest BCUT2D eigenvalue weighted by Gasteiger charge is -2.14. The van der Waals surface area contributed by atoms with Crippen molar-refractivity contribution in [3.63, 3.8) is 0 Å². The Morgan fingerprint density at radius 2 is 1.53 bits per heavy atom. The molecule has 3 heteroatoms. The number of hydrogen-bond acceptors (Lipinski definition) is 2. The molecule has 0 radical (unpaired) electrons. The lowest BCUT2D eigenvalue weighted by atomic mass is 9.85. The summed E-state index contributed by atoms with van der Waals surface area (Å²) in [7, 11) is 0. The molecule has 2 aliphatic carbocycles. The Bertz CT molecular complexity index is 294. The van der Waals surface area contributed by atoms with Crippen molar-refractivity contribution in [3.8, 4) is 0 Å². The third kappa shape index (κ3) is 1.50. The molecule has 2 amide bonds. The molecule has 0 aromatic rings. The van der Waals surface area contributed by atoms with Gasteiger partial charge < -0.3 is 0 Å². The number of nitrogens with one attached hydrogen (secondary N) is 1. The van der Waals surface area contributed by atoms with Crippen LogP contribution in [0.2, 0.25) is 0 Å². The summed E-state index contributed by atoms with van der Waals surface area (Å²) in [4.78, 5) is 22.6.